The van der Waals surface area contributed by atoms with E-state index in [-0.39, 0.29) is 25.1 Å². The van der Waals surface area contributed by atoms with E-state index >= 15 is 0 Å². The molecule has 13 nitrogen and oxygen atoms in total. The van der Waals surface area contributed by atoms with E-state index in [1.807, 2.05) is 36.4 Å². The lowest BCUT2D eigenvalue weighted by Crippen LogP contribution is -2.57. The van der Waals surface area contributed by atoms with Crippen LogP contribution < -0.4 is 11.2 Å². The number of aliphatic hydroxyl groups is 1. The molecule has 0 saturated carbocycles. The number of rotatable bonds is 13. The first-order valence-corrected chi connectivity index (χ1v) is 14.5. The van der Waals surface area contributed by atoms with E-state index < -0.39 is 47.9 Å². The highest BCUT2D eigenvalue weighted by Crippen LogP contribution is 2.24. The molecule has 2 heterocycles. The molecule has 0 saturated heterocycles. The molecule has 6 N–H and O–H groups in total. The van der Waals surface area contributed by atoms with Crippen LogP contribution in [-0.4, -0.2) is 71.8 Å². The largest absolute Gasteiger partial charge is 0.444 e. The first-order chi connectivity index (χ1) is 21.5. The number of nitrogens with two attached hydrogens (primary N) is 1. The Balaban J connectivity index is 1.61. The number of hydrogen-bond donors (Lipinski definition) is 5. The minimum absolute atomic E-state index is 0.0381. The van der Waals surface area contributed by atoms with E-state index in [0.29, 0.717) is 5.69 Å². The summed E-state index contributed by atoms with van der Waals surface area (Å²) in [7, 11) is 0. The number of nitrogens with zero attached hydrogens (tertiary/aromatic N) is 3. The second kappa shape index (κ2) is 15.2. The van der Waals surface area contributed by atoms with Gasteiger partial charge < -0.3 is 29.9 Å². The van der Waals surface area contributed by atoms with Crippen LogP contribution in [0.25, 0.3) is 0 Å². The summed E-state index contributed by atoms with van der Waals surface area (Å²) in [5.41, 5.74) is 1.22. The van der Waals surface area contributed by atoms with Gasteiger partial charge in [-0.15, -0.1) is 0 Å². The number of alkyl carbamates (subject to hydrolysis) is 1. The standard InChI is InChI=1S/C32H39N7O6/c1-32(2,3)45-31(43)38-24(16-21-10-6-4-7-11-21)29(41)44-30(42)26(18-23-19-34-20-37-23)39(33)25(17-22-12-8-5-9-13-22)27(40)28-35-14-15-36-28/h4-15,19-20,24-27,40H,16-18,33H2,1-3H3,(H,34,37)(H,35,36)(H,38,43)/t24-,25-,26-,27-/m0/s1. The summed E-state index contributed by atoms with van der Waals surface area (Å²) in [6, 6.07) is 14.9. The Bertz CT molecular complexity index is 1490. The van der Waals surface area contributed by atoms with Crippen LogP contribution in [-0.2, 0) is 38.3 Å². The van der Waals surface area contributed by atoms with Crippen molar-refractivity contribution in [1.29, 1.82) is 0 Å². The van der Waals surface area contributed by atoms with Crippen LogP contribution in [0.5, 0.6) is 0 Å². The second-order valence-electron chi connectivity index (χ2n) is 11.5. The summed E-state index contributed by atoms with van der Waals surface area (Å²) in [5, 5.41) is 15.1. The Hall–Kier alpha value is -4.85. The molecule has 0 fully saturated rings. The highest BCUT2D eigenvalue weighted by Gasteiger charge is 2.38. The van der Waals surface area contributed by atoms with Crippen molar-refractivity contribution in [3.05, 3.63) is 108 Å². The summed E-state index contributed by atoms with van der Waals surface area (Å²) in [5.74, 6) is 4.92. The van der Waals surface area contributed by atoms with Crippen molar-refractivity contribution in [1.82, 2.24) is 30.3 Å². The van der Waals surface area contributed by atoms with Gasteiger partial charge in [0.15, 0.2) is 0 Å². The number of ether oxygens (including phenoxy) is 2. The Morgan fingerprint density at radius 2 is 1.60 bits per heavy atom. The van der Waals surface area contributed by atoms with Crippen LogP contribution >= 0.6 is 0 Å². The minimum Gasteiger partial charge on any atom is -0.444 e. The van der Waals surface area contributed by atoms with Crippen LogP contribution in [0, 0.1) is 0 Å². The molecule has 0 aliphatic rings. The van der Waals surface area contributed by atoms with Crippen molar-refractivity contribution in [2.24, 2.45) is 5.84 Å². The van der Waals surface area contributed by atoms with Crippen LogP contribution in [0.1, 0.15) is 49.5 Å². The van der Waals surface area contributed by atoms with E-state index in [1.165, 1.54) is 17.5 Å². The number of imidazole rings is 2. The molecule has 0 aliphatic heterocycles. The topological polar surface area (TPSA) is 189 Å². The van der Waals surface area contributed by atoms with Crippen molar-refractivity contribution in [2.75, 3.05) is 0 Å². The highest BCUT2D eigenvalue weighted by atomic mass is 16.6. The molecule has 0 radical (unpaired) electrons. The number of nitrogens with one attached hydrogen (secondary N) is 3. The lowest BCUT2D eigenvalue weighted by molar-refractivity contribution is -0.166. The van der Waals surface area contributed by atoms with Gasteiger partial charge in [0.2, 0.25) is 0 Å². The van der Waals surface area contributed by atoms with Crippen molar-refractivity contribution < 1.29 is 29.0 Å². The van der Waals surface area contributed by atoms with Gasteiger partial charge in [-0.05, 0) is 38.3 Å². The van der Waals surface area contributed by atoms with Crippen LogP contribution in [0.3, 0.4) is 0 Å². The zero-order chi connectivity index (χ0) is 32.4. The van der Waals surface area contributed by atoms with Crippen LogP contribution in [0.2, 0.25) is 0 Å². The number of carbonyl (C=O) groups is 3. The number of H-pyrrole nitrogens is 2. The summed E-state index contributed by atoms with van der Waals surface area (Å²) in [4.78, 5) is 54.1. The normalized spacial score (nSPS) is 14.3. The lowest BCUT2D eigenvalue weighted by atomic mass is 9.98. The van der Waals surface area contributed by atoms with E-state index in [9.17, 15) is 19.5 Å². The molecule has 238 valence electrons. The molecule has 2 aromatic heterocycles. The van der Waals surface area contributed by atoms with Gasteiger partial charge in [0.1, 0.15) is 29.6 Å². The second-order valence-corrected chi connectivity index (χ2v) is 11.5. The molecule has 0 aliphatic carbocycles. The fraction of sp³-hybridized carbons (Fsp3) is 0.344. The van der Waals surface area contributed by atoms with Gasteiger partial charge in [-0.1, -0.05) is 60.7 Å². The van der Waals surface area contributed by atoms with Gasteiger partial charge in [-0.25, -0.2) is 29.4 Å². The molecule has 2 aromatic carbocycles. The molecule has 45 heavy (non-hydrogen) atoms. The maximum atomic E-state index is 13.8. The van der Waals surface area contributed by atoms with E-state index in [0.717, 1.165) is 11.1 Å². The van der Waals surface area contributed by atoms with Gasteiger partial charge in [0.25, 0.3) is 0 Å². The Morgan fingerprint density at radius 3 is 2.16 bits per heavy atom. The van der Waals surface area contributed by atoms with Gasteiger partial charge in [-0.3, -0.25) is 5.84 Å². The molecular formula is C32H39N7O6. The fourth-order valence-electron chi connectivity index (χ4n) is 4.73. The van der Waals surface area contributed by atoms with Crippen molar-refractivity contribution in [3.8, 4) is 0 Å². The first kappa shape index (κ1) is 33.1. The summed E-state index contributed by atoms with van der Waals surface area (Å²) < 4.78 is 10.8. The smallest absolute Gasteiger partial charge is 0.408 e. The molecule has 1 amide bonds. The zero-order valence-corrected chi connectivity index (χ0v) is 25.4. The number of benzene rings is 2. The van der Waals surface area contributed by atoms with Crippen molar-refractivity contribution in [2.45, 2.75) is 69.9 Å². The quantitative estimate of drug-likeness (QED) is 0.0646. The zero-order valence-electron chi connectivity index (χ0n) is 25.4. The molecular weight excluding hydrogens is 578 g/mol. The third-order valence-electron chi connectivity index (χ3n) is 6.88. The monoisotopic (exact) mass is 617 g/mol. The number of esters is 2. The predicted molar refractivity (Wildman–Crippen MR) is 164 cm³/mol. The lowest BCUT2D eigenvalue weighted by Gasteiger charge is -2.35. The fourth-order valence-corrected chi connectivity index (χ4v) is 4.73. The first-order valence-electron chi connectivity index (χ1n) is 14.5. The minimum atomic E-state index is -1.27. The molecule has 0 bridgehead atoms. The Labute approximate surface area is 261 Å². The van der Waals surface area contributed by atoms with E-state index in [2.05, 4.69) is 25.3 Å². The third kappa shape index (κ3) is 9.83. The average Bonchev–Trinajstić information content (AvgIpc) is 3.73. The molecule has 4 rings (SSSR count). The SMILES string of the molecule is CC(C)(C)OC(=O)N[C@@H](Cc1ccccc1)C(=O)OC(=O)[C@H](Cc1c[nH]cn1)N(N)[C@@H](Cc1ccccc1)[C@H](O)c1ncc[nH]1. The van der Waals surface area contributed by atoms with E-state index in [1.54, 1.807) is 57.4 Å². The third-order valence-corrected chi connectivity index (χ3v) is 6.88. The number of aromatic nitrogens is 4. The summed E-state index contributed by atoms with van der Waals surface area (Å²) in [6.45, 7) is 5.08. The molecule has 0 spiro atoms. The molecule has 0 unspecified atom stereocenters. The van der Waals surface area contributed by atoms with Gasteiger partial charge in [0, 0.05) is 31.4 Å². The van der Waals surface area contributed by atoms with Gasteiger partial charge >= 0.3 is 18.0 Å². The number of hydrogen-bond acceptors (Lipinski definition) is 10. The number of aromatic amines is 2. The summed E-state index contributed by atoms with van der Waals surface area (Å²) in [6.07, 6.45) is 4.24. The molecule has 4 atom stereocenters. The predicted octanol–water partition coefficient (Wildman–Crippen LogP) is 2.77. The Morgan fingerprint density at radius 1 is 0.956 bits per heavy atom. The number of hydrazine groups is 1. The number of amides is 1. The van der Waals surface area contributed by atoms with Gasteiger partial charge in [-0.2, -0.15) is 0 Å². The number of carbonyl (C=O) groups excluding carboxylic acids is 3. The van der Waals surface area contributed by atoms with E-state index in [4.69, 9.17) is 15.3 Å². The highest BCUT2D eigenvalue weighted by molar-refractivity contribution is 5.92. The van der Waals surface area contributed by atoms with Crippen LogP contribution in [0.15, 0.2) is 85.6 Å². The molecule has 4 aromatic rings. The van der Waals surface area contributed by atoms with Crippen LogP contribution in [0.4, 0.5) is 4.79 Å². The van der Waals surface area contributed by atoms with Crippen molar-refractivity contribution in [3.63, 3.8) is 0 Å². The van der Waals surface area contributed by atoms with Gasteiger partial charge in [0.05, 0.1) is 18.1 Å². The maximum absolute atomic E-state index is 13.8. The number of aliphatic hydroxyl groups excluding tert-OH is 1. The summed E-state index contributed by atoms with van der Waals surface area (Å²) >= 11 is 0. The average molecular weight is 618 g/mol. The maximum Gasteiger partial charge on any atom is 0.408 e. The molecule has 13 heteroatoms. The van der Waals surface area contributed by atoms with Crippen molar-refractivity contribution >= 4 is 18.0 Å². The Kier molecular flexibility index (Phi) is 11.2.